The molecule has 0 aliphatic rings. The number of aryl methyl sites for hydroxylation is 3. The SMILES string of the molecule is CNc1nc(C)cc(Nc2c(C)cc(Br)cc2C)n1. The summed E-state index contributed by atoms with van der Waals surface area (Å²) >= 11 is 3.50. The molecule has 1 aromatic heterocycles. The van der Waals surface area contributed by atoms with Crippen LogP contribution in [0.4, 0.5) is 17.5 Å². The lowest BCUT2D eigenvalue weighted by molar-refractivity contribution is 1.09. The fraction of sp³-hybridized carbons (Fsp3) is 0.286. The first-order chi connectivity index (χ1) is 8.99. The molecule has 0 aliphatic carbocycles. The molecule has 0 fully saturated rings. The summed E-state index contributed by atoms with van der Waals surface area (Å²) in [6, 6.07) is 6.10. The molecule has 0 spiro atoms. The van der Waals surface area contributed by atoms with Crippen LogP contribution in [0.25, 0.3) is 0 Å². The molecule has 2 N–H and O–H groups in total. The van der Waals surface area contributed by atoms with Crippen LogP contribution >= 0.6 is 15.9 Å². The number of hydrogen-bond acceptors (Lipinski definition) is 4. The van der Waals surface area contributed by atoms with Crippen LogP contribution in [0.2, 0.25) is 0 Å². The Morgan fingerprint density at radius 3 is 2.21 bits per heavy atom. The number of nitrogens with one attached hydrogen (secondary N) is 2. The zero-order valence-electron chi connectivity index (χ0n) is 11.5. The second-order valence-corrected chi connectivity index (χ2v) is 5.42. The van der Waals surface area contributed by atoms with Gasteiger partial charge in [0.2, 0.25) is 5.95 Å². The number of benzene rings is 1. The summed E-state index contributed by atoms with van der Waals surface area (Å²) in [6.07, 6.45) is 0. The van der Waals surface area contributed by atoms with Crippen LogP contribution in [-0.4, -0.2) is 17.0 Å². The summed E-state index contributed by atoms with van der Waals surface area (Å²) in [6.45, 7) is 6.11. The van der Waals surface area contributed by atoms with Crippen molar-refractivity contribution in [3.8, 4) is 0 Å². The zero-order chi connectivity index (χ0) is 14.0. The van der Waals surface area contributed by atoms with E-state index in [0.717, 1.165) is 21.7 Å². The van der Waals surface area contributed by atoms with E-state index in [1.54, 1.807) is 0 Å². The average molecular weight is 321 g/mol. The Hall–Kier alpha value is -1.62. The molecule has 0 saturated heterocycles. The molecule has 0 radical (unpaired) electrons. The van der Waals surface area contributed by atoms with Gasteiger partial charge in [0.1, 0.15) is 5.82 Å². The van der Waals surface area contributed by atoms with Gasteiger partial charge in [0.15, 0.2) is 0 Å². The van der Waals surface area contributed by atoms with Gasteiger partial charge >= 0.3 is 0 Å². The molecule has 1 heterocycles. The minimum atomic E-state index is 0.620. The third kappa shape index (κ3) is 3.23. The van der Waals surface area contributed by atoms with Crippen LogP contribution < -0.4 is 10.6 Å². The van der Waals surface area contributed by atoms with E-state index in [4.69, 9.17) is 0 Å². The van der Waals surface area contributed by atoms with Crippen molar-refractivity contribution in [2.24, 2.45) is 0 Å². The van der Waals surface area contributed by atoms with Crippen molar-refractivity contribution in [3.63, 3.8) is 0 Å². The van der Waals surface area contributed by atoms with Crippen molar-refractivity contribution in [3.05, 3.63) is 39.5 Å². The summed E-state index contributed by atoms with van der Waals surface area (Å²) in [7, 11) is 1.81. The van der Waals surface area contributed by atoms with Crippen LogP contribution in [0.1, 0.15) is 16.8 Å². The molecule has 100 valence electrons. The largest absolute Gasteiger partial charge is 0.357 e. The molecule has 0 atom stereocenters. The van der Waals surface area contributed by atoms with Crippen LogP contribution in [-0.2, 0) is 0 Å². The van der Waals surface area contributed by atoms with E-state index in [-0.39, 0.29) is 0 Å². The second kappa shape index (κ2) is 5.57. The van der Waals surface area contributed by atoms with E-state index in [2.05, 4.69) is 62.5 Å². The molecule has 0 saturated carbocycles. The van der Waals surface area contributed by atoms with E-state index in [1.807, 2.05) is 20.0 Å². The summed E-state index contributed by atoms with van der Waals surface area (Å²) in [5.74, 6) is 1.42. The average Bonchev–Trinajstić information content (AvgIpc) is 2.33. The monoisotopic (exact) mass is 320 g/mol. The predicted molar refractivity (Wildman–Crippen MR) is 83.2 cm³/mol. The number of nitrogens with zero attached hydrogens (tertiary/aromatic N) is 2. The highest BCUT2D eigenvalue weighted by Gasteiger charge is 2.07. The first kappa shape index (κ1) is 13.8. The Bertz CT molecular complexity index is 587. The third-order valence-electron chi connectivity index (χ3n) is 2.83. The third-order valence-corrected chi connectivity index (χ3v) is 3.29. The van der Waals surface area contributed by atoms with Crippen LogP contribution in [0.15, 0.2) is 22.7 Å². The Labute approximate surface area is 121 Å². The molecule has 4 nitrogen and oxygen atoms in total. The first-order valence-corrected chi connectivity index (χ1v) is 6.86. The quantitative estimate of drug-likeness (QED) is 0.899. The molecule has 0 bridgehead atoms. The molecule has 2 aromatic rings. The lowest BCUT2D eigenvalue weighted by Gasteiger charge is -2.13. The van der Waals surface area contributed by atoms with Crippen LogP contribution in [0.5, 0.6) is 0 Å². The summed E-state index contributed by atoms with van der Waals surface area (Å²) < 4.78 is 1.09. The molecule has 0 unspecified atom stereocenters. The van der Waals surface area contributed by atoms with Crippen molar-refractivity contribution in [2.75, 3.05) is 17.7 Å². The van der Waals surface area contributed by atoms with E-state index < -0.39 is 0 Å². The van der Waals surface area contributed by atoms with Gasteiger partial charge in [-0.1, -0.05) is 15.9 Å². The molecule has 1 aromatic carbocycles. The topological polar surface area (TPSA) is 49.8 Å². The highest BCUT2D eigenvalue weighted by atomic mass is 79.9. The van der Waals surface area contributed by atoms with E-state index in [1.165, 1.54) is 11.1 Å². The fourth-order valence-corrected chi connectivity index (χ4v) is 2.67. The van der Waals surface area contributed by atoms with Gasteiger partial charge < -0.3 is 10.6 Å². The molecular weight excluding hydrogens is 304 g/mol. The van der Waals surface area contributed by atoms with Crippen molar-refractivity contribution in [1.29, 1.82) is 0 Å². The maximum atomic E-state index is 4.41. The highest BCUT2D eigenvalue weighted by Crippen LogP contribution is 2.27. The van der Waals surface area contributed by atoms with E-state index in [9.17, 15) is 0 Å². The molecule has 0 aliphatic heterocycles. The highest BCUT2D eigenvalue weighted by molar-refractivity contribution is 9.10. The first-order valence-electron chi connectivity index (χ1n) is 6.07. The maximum Gasteiger partial charge on any atom is 0.224 e. The lowest BCUT2D eigenvalue weighted by Crippen LogP contribution is -2.03. The van der Waals surface area contributed by atoms with Crippen molar-refractivity contribution in [2.45, 2.75) is 20.8 Å². The van der Waals surface area contributed by atoms with Gasteiger partial charge in [-0.3, -0.25) is 0 Å². The number of rotatable bonds is 3. The lowest BCUT2D eigenvalue weighted by atomic mass is 10.1. The second-order valence-electron chi connectivity index (χ2n) is 4.51. The van der Waals surface area contributed by atoms with Gasteiger partial charge in [-0.2, -0.15) is 4.98 Å². The molecule has 19 heavy (non-hydrogen) atoms. The van der Waals surface area contributed by atoms with Gasteiger partial charge in [-0.05, 0) is 44.0 Å². The Morgan fingerprint density at radius 1 is 1.00 bits per heavy atom. The van der Waals surface area contributed by atoms with E-state index >= 15 is 0 Å². The van der Waals surface area contributed by atoms with Crippen molar-refractivity contribution < 1.29 is 0 Å². The summed E-state index contributed by atoms with van der Waals surface area (Å²) in [5, 5.41) is 6.33. The minimum absolute atomic E-state index is 0.620. The van der Waals surface area contributed by atoms with E-state index in [0.29, 0.717) is 5.95 Å². The standard InChI is InChI=1S/C14H17BrN4/c1-8-5-11(15)6-9(2)13(8)18-12-7-10(3)17-14(16-4)19-12/h5-7H,1-4H3,(H2,16,17,18,19). The maximum absolute atomic E-state index is 4.41. The van der Waals surface area contributed by atoms with Gasteiger partial charge in [0, 0.05) is 29.0 Å². The molecular formula is C14H17BrN4. The zero-order valence-corrected chi connectivity index (χ0v) is 13.1. The number of anilines is 3. The Kier molecular flexibility index (Phi) is 4.04. The molecule has 5 heteroatoms. The smallest absolute Gasteiger partial charge is 0.224 e. The predicted octanol–water partition coefficient (Wildman–Crippen LogP) is 3.95. The number of halogens is 1. The van der Waals surface area contributed by atoms with Gasteiger partial charge in [0.25, 0.3) is 0 Å². The van der Waals surface area contributed by atoms with Crippen molar-refractivity contribution in [1.82, 2.24) is 9.97 Å². The number of hydrogen-bond donors (Lipinski definition) is 2. The Balaban J connectivity index is 2.39. The summed E-state index contributed by atoms with van der Waals surface area (Å²) in [4.78, 5) is 8.69. The van der Waals surface area contributed by atoms with Crippen molar-refractivity contribution >= 4 is 33.4 Å². The van der Waals surface area contributed by atoms with Gasteiger partial charge in [-0.25, -0.2) is 4.98 Å². The Morgan fingerprint density at radius 2 is 1.63 bits per heavy atom. The normalized spacial score (nSPS) is 10.4. The minimum Gasteiger partial charge on any atom is -0.357 e. The number of aromatic nitrogens is 2. The fourth-order valence-electron chi connectivity index (χ4n) is 1.98. The van der Waals surface area contributed by atoms with Gasteiger partial charge in [-0.15, -0.1) is 0 Å². The van der Waals surface area contributed by atoms with Crippen LogP contribution in [0, 0.1) is 20.8 Å². The summed E-state index contributed by atoms with van der Waals surface area (Å²) in [5.41, 5.74) is 4.36. The molecule has 0 amide bonds. The van der Waals surface area contributed by atoms with Crippen LogP contribution in [0.3, 0.4) is 0 Å². The molecule has 2 rings (SSSR count). The van der Waals surface area contributed by atoms with Gasteiger partial charge in [0.05, 0.1) is 0 Å².